The highest BCUT2D eigenvalue weighted by atomic mass is 79.9. The van der Waals surface area contributed by atoms with Crippen LogP contribution in [0.25, 0.3) is 0 Å². The number of hydrogen-bond acceptors (Lipinski definition) is 2. The standard InChI is InChI=1S/C17H20BrNO/c1-12(2)19-11-14-10-15(18)8-9-17(14)20-16-7-5-4-6-13(16)3/h4-10,12,19H,11H2,1-3H3. The fraction of sp³-hybridized carbons (Fsp3) is 0.294. The third-order valence-corrected chi connectivity index (χ3v) is 3.53. The van der Waals surface area contributed by atoms with E-state index in [4.69, 9.17) is 4.74 Å². The zero-order valence-electron chi connectivity index (χ0n) is 12.1. The Balaban J connectivity index is 2.24. The fourth-order valence-corrected chi connectivity index (χ4v) is 2.30. The lowest BCUT2D eigenvalue weighted by Gasteiger charge is -2.15. The van der Waals surface area contributed by atoms with Gasteiger partial charge in [0.15, 0.2) is 0 Å². The van der Waals surface area contributed by atoms with Crippen molar-refractivity contribution in [3.8, 4) is 11.5 Å². The summed E-state index contributed by atoms with van der Waals surface area (Å²) >= 11 is 3.52. The predicted octanol–water partition coefficient (Wildman–Crippen LogP) is 5.05. The van der Waals surface area contributed by atoms with Crippen LogP contribution in [0.4, 0.5) is 0 Å². The lowest BCUT2D eigenvalue weighted by Crippen LogP contribution is -2.22. The van der Waals surface area contributed by atoms with Crippen LogP contribution in [-0.2, 0) is 6.54 Å². The number of halogens is 1. The van der Waals surface area contributed by atoms with Crippen LogP contribution in [0.15, 0.2) is 46.9 Å². The van der Waals surface area contributed by atoms with Crippen molar-refractivity contribution in [1.29, 1.82) is 0 Å². The van der Waals surface area contributed by atoms with Gasteiger partial charge in [0.2, 0.25) is 0 Å². The summed E-state index contributed by atoms with van der Waals surface area (Å²) in [6.45, 7) is 7.12. The van der Waals surface area contributed by atoms with Gasteiger partial charge in [-0.3, -0.25) is 0 Å². The zero-order valence-corrected chi connectivity index (χ0v) is 13.7. The molecule has 0 heterocycles. The summed E-state index contributed by atoms with van der Waals surface area (Å²) in [5.41, 5.74) is 2.29. The maximum absolute atomic E-state index is 6.07. The van der Waals surface area contributed by atoms with Crippen molar-refractivity contribution in [2.75, 3.05) is 0 Å². The van der Waals surface area contributed by atoms with E-state index >= 15 is 0 Å². The maximum Gasteiger partial charge on any atom is 0.132 e. The van der Waals surface area contributed by atoms with Crippen LogP contribution in [0, 0.1) is 6.92 Å². The van der Waals surface area contributed by atoms with Gasteiger partial charge in [-0.1, -0.05) is 48.0 Å². The third kappa shape index (κ3) is 4.09. The molecule has 20 heavy (non-hydrogen) atoms. The first-order valence-corrected chi connectivity index (χ1v) is 7.61. The number of aryl methyl sites for hydroxylation is 1. The van der Waals surface area contributed by atoms with Gasteiger partial charge in [-0.2, -0.15) is 0 Å². The van der Waals surface area contributed by atoms with Gasteiger partial charge in [0, 0.05) is 22.6 Å². The highest BCUT2D eigenvalue weighted by molar-refractivity contribution is 9.10. The van der Waals surface area contributed by atoms with E-state index in [-0.39, 0.29) is 0 Å². The molecule has 106 valence electrons. The number of benzene rings is 2. The lowest BCUT2D eigenvalue weighted by molar-refractivity contribution is 0.466. The van der Waals surface area contributed by atoms with E-state index in [1.807, 2.05) is 30.3 Å². The Morgan fingerprint density at radius 2 is 1.85 bits per heavy atom. The first-order chi connectivity index (χ1) is 9.56. The van der Waals surface area contributed by atoms with Crippen LogP contribution in [0.2, 0.25) is 0 Å². The number of para-hydroxylation sites is 1. The third-order valence-electron chi connectivity index (χ3n) is 3.04. The highest BCUT2D eigenvalue weighted by Crippen LogP contribution is 2.29. The molecule has 0 radical (unpaired) electrons. The Bertz CT molecular complexity index is 581. The minimum absolute atomic E-state index is 0.445. The van der Waals surface area contributed by atoms with Gasteiger partial charge in [0.05, 0.1) is 0 Å². The molecule has 0 atom stereocenters. The molecule has 0 saturated carbocycles. The molecule has 0 aliphatic carbocycles. The molecule has 2 aromatic rings. The summed E-state index contributed by atoms with van der Waals surface area (Å²) in [5.74, 6) is 1.80. The monoisotopic (exact) mass is 333 g/mol. The molecule has 0 fully saturated rings. The maximum atomic E-state index is 6.07. The molecule has 2 nitrogen and oxygen atoms in total. The average molecular weight is 334 g/mol. The Morgan fingerprint density at radius 3 is 2.55 bits per heavy atom. The van der Waals surface area contributed by atoms with Gasteiger partial charge in [0.25, 0.3) is 0 Å². The molecule has 1 N–H and O–H groups in total. The van der Waals surface area contributed by atoms with Gasteiger partial charge in [-0.25, -0.2) is 0 Å². The fourth-order valence-electron chi connectivity index (χ4n) is 1.89. The van der Waals surface area contributed by atoms with E-state index in [1.54, 1.807) is 0 Å². The normalized spacial score (nSPS) is 10.8. The van der Waals surface area contributed by atoms with Crippen molar-refractivity contribution in [1.82, 2.24) is 5.32 Å². The second kappa shape index (κ2) is 6.91. The number of hydrogen-bond donors (Lipinski definition) is 1. The molecule has 3 heteroatoms. The summed E-state index contributed by atoms with van der Waals surface area (Å²) in [7, 11) is 0. The summed E-state index contributed by atoms with van der Waals surface area (Å²) in [5, 5.41) is 3.43. The molecule has 0 spiro atoms. The highest BCUT2D eigenvalue weighted by Gasteiger charge is 2.08. The second-order valence-corrected chi connectivity index (χ2v) is 6.07. The van der Waals surface area contributed by atoms with Gasteiger partial charge < -0.3 is 10.1 Å². The summed E-state index contributed by atoms with van der Waals surface area (Å²) in [4.78, 5) is 0. The Kier molecular flexibility index (Phi) is 5.21. The molecule has 0 saturated heterocycles. The van der Waals surface area contributed by atoms with E-state index in [2.05, 4.69) is 54.2 Å². The first-order valence-electron chi connectivity index (χ1n) is 6.81. The van der Waals surface area contributed by atoms with Crippen molar-refractivity contribution < 1.29 is 4.74 Å². The van der Waals surface area contributed by atoms with Crippen molar-refractivity contribution in [2.45, 2.75) is 33.4 Å². The van der Waals surface area contributed by atoms with Crippen molar-refractivity contribution >= 4 is 15.9 Å². The molecular formula is C17H20BrNO. The summed E-state index contributed by atoms with van der Waals surface area (Å²) in [6.07, 6.45) is 0. The Morgan fingerprint density at radius 1 is 1.10 bits per heavy atom. The van der Waals surface area contributed by atoms with Crippen LogP contribution >= 0.6 is 15.9 Å². The van der Waals surface area contributed by atoms with Crippen molar-refractivity contribution in [2.24, 2.45) is 0 Å². The second-order valence-electron chi connectivity index (χ2n) is 5.16. The predicted molar refractivity (Wildman–Crippen MR) is 87.4 cm³/mol. The van der Waals surface area contributed by atoms with Gasteiger partial charge in [0.1, 0.15) is 11.5 Å². The first kappa shape index (κ1) is 15.1. The van der Waals surface area contributed by atoms with E-state index in [1.165, 1.54) is 0 Å². The van der Waals surface area contributed by atoms with Crippen molar-refractivity contribution in [3.05, 3.63) is 58.1 Å². The van der Waals surface area contributed by atoms with Crippen LogP contribution < -0.4 is 10.1 Å². The minimum Gasteiger partial charge on any atom is -0.457 e. The van der Waals surface area contributed by atoms with E-state index in [0.717, 1.165) is 33.6 Å². The van der Waals surface area contributed by atoms with E-state index in [9.17, 15) is 0 Å². The molecule has 2 rings (SSSR count). The minimum atomic E-state index is 0.445. The van der Waals surface area contributed by atoms with E-state index in [0.29, 0.717) is 6.04 Å². The largest absolute Gasteiger partial charge is 0.457 e. The van der Waals surface area contributed by atoms with Crippen LogP contribution in [-0.4, -0.2) is 6.04 Å². The number of rotatable bonds is 5. The van der Waals surface area contributed by atoms with Crippen LogP contribution in [0.1, 0.15) is 25.0 Å². The number of ether oxygens (including phenoxy) is 1. The Hall–Kier alpha value is -1.32. The van der Waals surface area contributed by atoms with Crippen LogP contribution in [0.3, 0.4) is 0 Å². The summed E-state index contributed by atoms with van der Waals surface area (Å²) in [6, 6.07) is 14.6. The smallest absolute Gasteiger partial charge is 0.132 e. The zero-order chi connectivity index (χ0) is 14.5. The van der Waals surface area contributed by atoms with Gasteiger partial charge >= 0.3 is 0 Å². The average Bonchev–Trinajstić information content (AvgIpc) is 2.41. The van der Waals surface area contributed by atoms with Crippen molar-refractivity contribution in [3.63, 3.8) is 0 Å². The molecule has 2 aromatic carbocycles. The SMILES string of the molecule is Cc1ccccc1Oc1ccc(Br)cc1CNC(C)C. The summed E-state index contributed by atoms with van der Waals surface area (Å²) < 4.78 is 7.13. The molecule has 0 amide bonds. The van der Waals surface area contributed by atoms with Gasteiger partial charge in [-0.05, 0) is 36.8 Å². The topological polar surface area (TPSA) is 21.3 Å². The molecule has 0 aliphatic rings. The molecule has 0 bridgehead atoms. The molecule has 0 unspecified atom stereocenters. The van der Waals surface area contributed by atoms with Gasteiger partial charge in [-0.15, -0.1) is 0 Å². The number of nitrogens with one attached hydrogen (secondary N) is 1. The molecular weight excluding hydrogens is 314 g/mol. The molecule has 0 aliphatic heterocycles. The molecule has 0 aromatic heterocycles. The Labute approximate surface area is 129 Å². The lowest BCUT2D eigenvalue weighted by atomic mass is 10.2. The van der Waals surface area contributed by atoms with E-state index < -0.39 is 0 Å². The quantitative estimate of drug-likeness (QED) is 0.826. The van der Waals surface area contributed by atoms with Crippen LogP contribution in [0.5, 0.6) is 11.5 Å².